The van der Waals surface area contributed by atoms with E-state index in [1.165, 1.54) is 72.5 Å². The van der Waals surface area contributed by atoms with Crippen molar-refractivity contribution in [1.82, 2.24) is 4.98 Å². The maximum Gasteiger partial charge on any atom is 0.0734 e. The van der Waals surface area contributed by atoms with E-state index in [2.05, 4.69) is 62.1 Å². The average molecular weight is 361 g/mol. The van der Waals surface area contributed by atoms with Gasteiger partial charge in [-0.15, -0.1) is 0 Å². The maximum absolute atomic E-state index is 4.95. The molecule has 2 heteroatoms. The lowest BCUT2D eigenvalue weighted by Crippen LogP contribution is -2.29. The lowest BCUT2D eigenvalue weighted by Gasteiger charge is -2.27. The van der Waals surface area contributed by atoms with Crippen LogP contribution in [0.3, 0.4) is 0 Å². The van der Waals surface area contributed by atoms with Crippen molar-refractivity contribution in [2.24, 2.45) is 0 Å². The van der Waals surface area contributed by atoms with Crippen molar-refractivity contribution in [2.45, 2.75) is 78.3 Å². The molecular weight excluding hydrogens is 328 g/mol. The Morgan fingerprint density at radius 2 is 1.81 bits per heavy atom. The van der Waals surface area contributed by atoms with E-state index in [1.54, 1.807) is 0 Å². The highest BCUT2D eigenvalue weighted by Gasteiger charge is 2.27. The van der Waals surface area contributed by atoms with Crippen molar-refractivity contribution in [3.8, 4) is 0 Å². The molecular formula is C25H32N2. The fourth-order valence-electron chi connectivity index (χ4n) is 4.61. The molecule has 4 rings (SSSR count). The van der Waals surface area contributed by atoms with Crippen LogP contribution in [-0.2, 0) is 6.54 Å². The summed E-state index contributed by atoms with van der Waals surface area (Å²) in [5.74, 6) is 0. The highest BCUT2D eigenvalue weighted by Crippen LogP contribution is 2.41. The Labute approximate surface area is 163 Å². The molecule has 1 aromatic heterocycles. The van der Waals surface area contributed by atoms with Gasteiger partial charge >= 0.3 is 0 Å². The molecule has 2 nitrogen and oxygen atoms in total. The summed E-state index contributed by atoms with van der Waals surface area (Å²) in [4.78, 5) is 7.57. The second-order valence-electron chi connectivity index (χ2n) is 8.32. The van der Waals surface area contributed by atoms with Crippen molar-refractivity contribution in [3.63, 3.8) is 0 Å². The molecule has 0 fully saturated rings. The molecule has 0 saturated heterocycles. The first-order chi connectivity index (χ1) is 13.2. The lowest BCUT2D eigenvalue weighted by molar-refractivity contribution is 0.529. The van der Waals surface area contributed by atoms with Gasteiger partial charge in [-0.05, 0) is 50.1 Å². The van der Waals surface area contributed by atoms with Crippen LogP contribution in [0.4, 0.5) is 5.69 Å². The molecule has 3 aromatic rings. The average Bonchev–Trinajstić information content (AvgIpc) is 3.07. The SMILES string of the molecule is CCCCCCCCC(C)N1Cc2c3cc(C)ccc3nc3cccc1c23. The molecule has 0 aliphatic carbocycles. The summed E-state index contributed by atoms with van der Waals surface area (Å²) in [5, 5.41) is 2.72. The number of nitrogens with zero attached hydrogens (tertiary/aromatic N) is 2. The van der Waals surface area contributed by atoms with E-state index < -0.39 is 0 Å². The first kappa shape index (κ1) is 18.3. The number of hydrogen-bond acceptors (Lipinski definition) is 2. The zero-order chi connectivity index (χ0) is 18.8. The van der Waals surface area contributed by atoms with Crippen LogP contribution >= 0.6 is 0 Å². The number of rotatable bonds is 8. The second kappa shape index (κ2) is 7.88. The van der Waals surface area contributed by atoms with E-state index in [9.17, 15) is 0 Å². The highest BCUT2D eigenvalue weighted by atomic mass is 15.2. The number of unbranched alkanes of at least 4 members (excludes halogenated alkanes) is 5. The summed E-state index contributed by atoms with van der Waals surface area (Å²) in [6, 6.07) is 13.9. The van der Waals surface area contributed by atoms with E-state index >= 15 is 0 Å². The molecule has 1 atom stereocenters. The largest absolute Gasteiger partial charge is 0.364 e. The van der Waals surface area contributed by atoms with E-state index in [-0.39, 0.29) is 0 Å². The molecule has 0 radical (unpaired) electrons. The molecule has 142 valence electrons. The number of pyridine rings is 1. The van der Waals surface area contributed by atoms with Crippen LogP contribution in [-0.4, -0.2) is 11.0 Å². The molecule has 1 aliphatic heterocycles. The van der Waals surface area contributed by atoms with Crippen molar-refractivity contribution in [1.29, 1.82) is 0 Å². The van der Waals surface area contributed by atoms with Gasteiger partial charge < -0.3 is 4.90 Å². The lowest BCUT2D eigenvalue weighted by atomic mass is 10.0. The van der Waals surface area contributed by atoms with Gasteiger partial charge in [0, 0.05) is 29.0 Å². The molecule has 1 unspecified atom stereocenters. The Balaban J connectivity index is 1.56. The number of fused-ring (bicyclic) bond motifs is 2. The third-order valence-electron chi connectivity index (χ3n) is 6.19. The third-order valence-corrected chi connectivity index (χ3v) is 6.19. The minimum absolute atomic E-state index is 0.578. The zero-order valence-electron chi connectivity index (χ0n) is 17.1. The Kier molecular flexibility index (Phi) is 5.33. The van der Waals surface area contributed by atoms with Crippen LogP contribution < -0.4 is 4.90 Å². The van der Waals surface area contributed by atoms with Crippen LogP contribution in [0, 0.1) is 6.92 Å². The minimum Gasteiger partial charge on any atom is -0.364 e. The van der Waals surface area contributed by atoms with Gasteiger partial charge in [0.05, 0.1) is 11.0 Å². The molecule has 0 spiro atoms. The van der Waals surface area contributed by atoms with Gasteiger partial charge in [0.25, 0.3) is 0 Å². The van der Waals surface area contributed by atoms with Crippen LogP contribution in [0.15, 0.2) is 36.4 Å². The molecule has 2 aromatic carbocycles. The van der Waals surface area contributed by atoms with E-state index in [1.807, 2.05) is 0 Å². The molecule has 0 amide bonds. The monoisotopic (exact) mass is 360 g/mol. The van der Waals surface area contributed by atoms with Crippen molar-refractivity contribution in [2.75, 3.05) is 4.90 Å². The molecule has 0 N–H and O–H groups in total. The van der Waals surface area contributed by atoms with Crippen molar-refractivity contribution < 1.29 is 0 Å². The number of aryl methyl sites for hydroxylation is 1. The van der Waals surface area contributed by atoms with Gasteiger partial charge in [0.15, 0.2) is 0 Å². The fraction of sp³-hybridized carbons (Fsp3) is 0.480. The maximum atomic E-state index is 4.95. The predicted molar refractivity (Wildman–Crippen MR) is 118 cm³/mol. The smallest absolute Gasteiger partial charge is 0.0734 e. The summed E-state index contributed by atoms with van der Waals surface area (Å²) < 4.78 is 0. The van der Waals surface area contributed by atoms with E-state index in [0.717, 1.165) is 17.6 Å². The van der Waals surface area contributed by atoms with Crippen LogP contribution in [0.25, 0.3) is 21.8 Å². The number of benzene rings is 2. The Morgan fingerprint density at radius 3 is 2.67 bits per heavy atom. The standard InChI is InChI=1S/C25H32N2/c1-4-5-6-7-8-9-11-19(3)27-17-21-20-16-18(2)14-15-22(20)26-23-12-10-13-24(27)25(21)23/h10,12-16,19H,4-9,11,17H2,1-3H3. The van der Waals surface area contributed by atoms with Gasteiger partial charge in [-0.2, -0.15) is 0 Å². The molecule has 1 aliphatic rings. The highest BCUT2D eigenvalue weighted by molar-refractivity contribution is 6.06. The fourth-order valence-corrected chi connectivity index (χ4v) is 4.61. The normalized spacial score (nSPS) is 14.4. The summed E-state index contributed by atoms with van der Waals surface area (Å²) in [6.07, 6.45) is 9.50. The van der Waals surface area contributed by atoms with Gasteiger partial charge in [-0.3, -0.25) is 0 Å². The summed E-state index contributed by atoms with van der Waals surface area (Å²) in [7, 11) is 0. The van der Waals surface area contributed by atoms with Gasteiger partial charge in [0.2, 0.25) is 0 Å². The summed E-state index contributed by atoms with van der Waals surface area (Å²) in [5.41, 5.74) is 6.45. The van der Waals surface area contributed by atoms with Crippen molar-refractivity contribution in [3.05, 3.63) is 47.5 Å². The number of aromatic nitrogens is 1. The predicted octanol–water partition coefficient (Wildman–Crippen LogP) is 7.16. The van der Waals surface area contributed by atoms with Crippen molar-refractivity contribution >= 4 is 27.5 Å². The summed E-state index contributed by atoms with van der Waals surface area (Å²) in [6.45, 7) is 7.89. The van der Waals surface area contributed by atoms with Gasteiger partial charge in [-0.1, -0.05) is 63.1 Å². The molecule has 2 heterocycles. The van der Waals surface area contributed by atoms with Gasteiger partial charge in [0.1, 0.15) is 0 Å². The molecule has 27 heavy (non-hydrogen) atoms. The van der Waals surface area contributed by atoms with Crippen LogP contribution in [0.1, 0.15) is 69.9 Å². The molecule has 0 bridgehead atoms. The Morgan fingerprint density at radius 1 is 1.00 bits per heavy atom. The minimum atomic E-state index is 0.578. The van der Waals surface area contributed by atoms with E-state index in [4.69, 9.17) is 4.98 Å². The Bertz CT molecular complexity index is 944. The first-order valence-electron chi connectivity index (χ1n) is 10.8. The Hall–Kier alpha value is -2.09. The van der Waals surface area contributed by atoms with Crippen LogP contribution in [0.2, 0.25) is 0 Å². The number of hydrogen-bond donors (Lipinski definition) is 0. The van der Waals surface area contributed by atoms with E-state index in [0.29, 0.717) is 6.04 Å². The summed E-state index contributed by atoms with van der Waals surface area (Å²) >= 11 is 0. The number of anilines is 1. The second-order valence-corrected chi connectivity index (χ2v) is 8.32. The third kappa shape index (κ3) is 3.54. The van der Waals surface area contributed by atoms with Gasteiger partial charge in [-0.25, -0.2) is 4.98 Å². The first-order valence-corrected chi connectivity index (χ1v) is 10.8. The topological polar surface area (TPSA) is 16.1 Å². The quantitative estimate of drug-likeness (QED) is 0.313. The zero-order valence-corrected chi connectivity index (χ0v) is 17.1. The van der Waals surface area contributed by atoms with Crippen LogP contribution in [0.5, 0.6) is 0 Å². The molecule has 0 saturated carbocycles.